The van der Waals surface area contributed by atoms with Crippen molar-refractivity contribution in [1.29, 1.82) is 0 Å². The number of benzene rings is 2. The summed E-state index contributed by atoms with van der Waals surface area (Å²) in [4.78, 5) is 17.4. The smallest absolute Gasteiger partial charge is 0.338 e. The van der Waals surface area contributed by atoms with Gasteiger partial charge in [0.1, 0.15) is 12.4 Å². The molecule has 3 aromatic rings. The van der Waals surface area contributed by atoms with E-state index in [1.54, 1.807) is 25.1 Å². The normalized spacial score (nSPS) is 16.0. The molecule has 1 aliphatic rings. The predicted molar refractivity (Wildman–Crippen MR) is 102 cm³/mol. The first-order valence-electron chi connectivity index (χ1n) is 8.59. The number of allylic oxidation sites excluding steroid dienone is 1. The number of carbonyl (C=O) groups is 1. The Labute approximate surface area is 155 Å². The van der Waals surface area contributed by atoms with Crippen LogP contribution in [0.4, 0.5) is 10.3 Å². The number of rotatable bonds is 4. The van der Waals surface area contributed by atoms with E-state index in [0.717, 1.165) is 11.0 Å². The lowest BCUT2D eigenvalue weighted by molar-refractivity contribution is -0.138. The fourth-order valence-corrected chi connectivity index (χ4v) is 3.43. The standard InChI is InChI=1S/C21H18FN3O2/c1-3-12-27-20(26)18-13(2)23-21-24-16-10-6-7-11-17(16)25(21)19(18)14-8-4-5-9-15(14)22/h3-11,19H,1,12H2,2H3,(H,23,24)/t19-/m0/s1. The number of anilines is 1. The van der Waals surface area contributed by atoms with Gasteiger partial charge in [-0.15, -0.1) is 0 Å². The highest BCUT2D eigenvalue weighted by atomic mass is 19.1. The average Bonchev–Trinajstić information content (AvgIpc) is 3.03. The molecule has 2 aromatic carbocycles. The Balaban J connectivity index is 1.97. The molecule has 0 bridgehead atoms. The van der Waals surface area contributed by atoms with Crippen molar-refractivity contribution in [3.63, 3.8) is 0 Å². The summed E-state index contributed by atoms with van der Waals surface area (Å²) in [6.45, 7) is 5.42. The third-order valence-electron chi connectivity index (χ3n) is 4.58. The van der Waals surface area contributed by atoms with Gasteiger partial charge in [0, 0.05) is 11.3 Å². The molecule has 6 heteroatoms. The van der Waals surface area contributed by atoms with Crippen LogP contribution in [-0.2, 0) is 9.53 Å². The number of hydrogen-bond donors (Lipinski definition) is 1. The first-order valence-corrected chi connectivity index (χ1v) is 8.59. The van der Waals surface area contributed by atoms with Gasteiger partial charge in [-0.3, -0.25) is 4.57 Å². The molecule has 0 amide bonds. The molecule has 1 aromatic heterocycles. The Kier molecular flexibility index (Phi) is 4.24. The third kappa shape index (κ3) is 2.79. The molecule has 4 rings (SSSR count). The molecule has 1 N–H and O–H groups in total. The molecule has 1 atom stereocenters. The van der Waals surface area contributed by atoms with E-state index in [4.69, 9.17) is 4.74 Å². The summed E-state index contributed by atoms with van der Waals surface area (Å²) >= 11 is 0. The van der Waals surface area contributed by atoms with Gasteiger partial charge >= 0.3 is 5.97 Å². The van der Waals surface area contributed by atoms with E-state index >= 15 is 0 Å². The summed E-state index contributed by atoms with van der Waals surface area (Å²) in [6, 6.07) is 13.3. The van der Waals surface area contributed by atoms with Gasteiger partial charge in [-0.25, -0.2) is 14.2 Å². The lowest BCUT2D eigenvalue weighted by Gasteiger charge is -2.30. The van der Waals surface area contributed by atoms with Gasteiger partial charge in [-0.2, -0.15) is 0 Å². The second-order valence-corrected chi connectivity index (χ2v) is 6.27. The molecule has 136 valence electrons. The van der Waals surface area contributed by atoms with Crippen LogP contribution in [0.2, 0.25) is 0 Å². The zero-order valence-corrected chi connectivity index (χ0v) is 14.8. The zero-order valence-electron chi connectivity index (χ0n) is 14.8. The van der Waals surface area contributed by atoms with Crippen molar-refractivity contribution < 1.29 is 13.9 Å². The molecular formula is C21H18FN3O2. The number of nitrogens with one attached hydrogen (secondary N) is 1. The van der Waals surface area contributed by atoms with Crippen LogP contribution in [0.25, 0.3) is 11.0 Å². The summed E-state index contributed by atoms with van der Waals surface area (Å²) < 4.78 is 21.9. The first-order chi connectivity index (χ1) is 13.1. The molecule has 2 heterocycles. The van der Waals surface area contributed by atoms with Crippen LogP contribution in [0.5, 0.6) is 0 Å². The number of carbonyl (C=O) groups excluding carboxylic acids is 1. The molecule has 0 spiro atoms. The van der Waals surface area contributed by atoms with E-state index in [2.05, 4.69) is 16.9 Å². The summed E-state index contributed by atoms with van der Waals surface area (Å²) in [6.07, 6.45) is 1.50. The summed E-state index contributed by atoms with van der Waals surface area (Å²) in [7, 11) is 0. The molecular weight excluding hydrogens is 345 g/mol. The van der Waals surface area contributed by atoms with Gasteiger partial charge in [0.2, 0.25) is 5.95 Å². The third-order valence-corrected chi connectivity index (χ3v) is 4.58. The average molecular weight is 363 g/mol. The van der Waals surface area contributed by atoms with Crippen molar-refractivity contribution in [3.8, 4) is 0 Å². The van der Waals surface area contributed by atoms with Gasteiger partial charge in [0.05, 0.1) is 22.6 Å². The van der Waals surface area contributed by atoms with Gasteiger partial charge in [0.25, 0.3) is 0 Å². The number of aromatic nitrogens is 2. The van der Waals surface area contributed by atoms with Crippen molar-refractivity contribution in [2.45, 2.75) is 13.0 Å². The van der Waals surface area contributed by atoms with Crippen LogP contribution >= 0.6 is 0 Å². The fourth-order valence-electron chi connectivity index (χ4n) is 3.43. The highest BCUT2D eigenvalue weighted by Gasteiger charge is 2.36. The van der Waals surface area contributed by atoms with Crippen LogP contribution in [0.3, 0.4) is 0 Å². The van der Waals surface area contributed by atoms with Crippen LogP contribution in [0.15, 0.2) is 72.5 Å². The quantitative estimate of drug-likeness (QED) is 0.558. The van der Waals surface area contributed by atoms with E-state index in [9.17, 15) is 9.18 Å². The molecule has 0 unspecified atom stereocenters. The van der Waals surface area contributed by atoms with Crippen LogP contribution in [0, 0.1) is 5.82 Å². The van der Waals surface area contributed by atoms with Gasteiger partial charge in [0.15, 0.2) is 0 Å². The monoisotopic (exact) mass is 363 g/mol. The Morgan fingerprint density at radius 2 is 2.04 bits per heavy atom. The number of ether oxygens (including phenoxy) is 1. The van der Waals surface area contributed by atoms with Gasteiger partial charge in [-0.05, 0) is 25.1 Å². The number of fused-ring (bicyclic) bond motifs is 3. The van der Waals surface area contributed by atoms with E-state index < -0.39 is 17.8 Å². The Hall–Kier alpha value is -3.41. The molecule has 0 radical (unpaired) electrons. The number of para-hydroxylation sites is 2. The van der Waals surface area contributed by atoms with E-state index in [-0.39, 0.29) is 6.61 Å². The van der Waals surface area contributed by atoms with Crippen LogP contribution in [0.1, 0.15) is 18.5 Å². The lowest BCUT2D eigenvalue weighted by atomic mass is 9.94. The maximum Gasteiger partial charge on any atom is 0.338 e. The molecule has 0 fully saturated rings. The Morgan fingerprint density at radius 3 is 2.81 bits per heavy atom. The van der Waals surface area contributed by atoms with E-state index in [1.807, 2.05) is 28.8 Å². The van der Waals surface area contributed by atoms with E-state index in [1.165, 1.54) is 12.1 Å². The van der Waals surface area contributed by atoms with Crippen molar-refractivity contribution in [1.82, 2.24) is 9.55 Å². The number of esters is 1. The van der Waals surface area contributed by atoms with E-state index in [0.29, 0.717) is 22.8 Å². The van der Waals surface area contributed by atoms with Crippen molar-refractivity contribution in [3.05, 3.63) is 83.8 Å². The highest BCUT2D eigenvalue weighted by Crippen LogP contribution is 2.40. The molecule has 0 aliphatic carbocycles. The Bertz CT molecular complexity index is 1080. The maximum absolute atomic E-state index is 14.7. The largest absolute Gasteiger partial charge is 0.458 e. The van der Waals surface area contributed by atoms with Crippen molar-refractivity contribution in [2.75, 3.05) is 11.9 Å². The maximum atomic E-state index is 14.7. The zero-order chi connectivity index (χ0) is 19.0. The van der Waals surface area contributed by atoms with Crippen LogP contribution in [-0.4, -0.2) is 22.1 Å². The highest BCUT2D eigenvalue weighted by molar-refractivity contribution is 5.94. The second-order valence-electron chi connectivity index (χ2n) is 6.27. The minimum atomic E-state index is -0.688. The number of nitrogens with zero attached hydrogens (tertiary/aromatic N) is 2. The molecule has 0 saturated carbocycles. The van der Waals surface area contributed by atoms with Crippen LogP contribution < -0.4 is 5.32 Å². The summed E-state index contributed by atoms with van der Waals surface area (Å²) in [5.41, 5.74) is 2.87. The molecule has 0 saturated heterocycles. The first kappa shape index (κ1) is 17.0. The molecule has 27 heavy (non-hydrogen) atoms. The minimum Gasteiger partial charge on any atom is -0.458 e. The number of imidazole rings is 1. The minimum absolute atomic E-state index is 0.0805. The summed E-state index contributed by atoms with van der Waals surface area (Å²) in [5, 5.41) is 3.16. The lowest BCUT2D eigenvalue weighted by Crippen LogP contribution is -2.29. The predicted octanol–water partition coefficient (Wildman–Crippen LogP) is 4.19. The fraction of sp³-hybridized carbons (Fsp3) is 0.143. The molecule has 1 aliphatic heterocycles. The van der Waals surface area contributed by atoms with Gasteiger partial charge in [-0.1, -0.05) is 43.0 Å². The van der Waals surface area contributed by atoms with Gasteiger partial charge < -0.3 is 10.1 Å². The van der Waals surface area contributed by atoms with Crippen molar-refractivity contribution >= 4 is 23.0 Å². The number of hydrogen-bond acceptors (Lipinski definition) is 4. The second kappa shape index (κ2) is 6.72. The molecule has 5 nitrogen and oxygen atoms in total. The summed E-state index contributed by atoms with van der Waals surface area (Å²) in [5.74, 6) is -0.353. The SMILES string of the molecule is C=CCOC(=O)C1=C(C)Nc2nc3ccccc3n2[C@H]1c1ccccc1F. The topological polar surface area (TPSA) is 56.1 Å². The van der Waals surface area contributed by atoms with Crippen molar-refractivity contribution in [2.24, 2.45) is 0 Å². The number of halogens is 1. The Morgan fingerprint density at radius 1 is 1.30 bits per heavy atom.